The van der Waals surface area contributed by atoms with Gasteiger partial charge in [-0.2, -0.15) is 5.10 Å². The molecule has 1 atom stereocenters. The molecule has 10 heteroatoms. The van der Waals surface area contributed by atoms with E-state index in [9.17, 15) is 13.9 Å². The van der Waals surface area contributed by atoms with Gasteiger partial charge in [0.15, 0.2) is 0 Å². The van der Waals surface area contributed by atoms with Crippen LogP contribution in [0.5, 0.6) is 5.75 Å². The third kappa shape index (κ3) is 5.47. The number of ether oxygens (including phenoxy) is 1. The molecule has 1 unspecified atom stereocenters. The second-order valence-corrected chi connectivity index (χ2v) is 7.51. The Morgan fingerprint density at radius 1 is 1.09 bits per heavy atom. The summed E-state index contributed by atoms with van der Waals surface area (Å²) in [4.78, 5) is 3.85. The number of allylic oxidation sites excluding steroid dienone is 1. The van der Waals surface area contributed by atoms with Gasteiger partial charge in [0.1, 0.15) is 47.9 Å². The summed E-state index contributed by atoms with van der Waals surface area (Å²) in [7, 11) is 0. The van der Waals surface area contributed by atoms with Gasteiger partial charge in [-0.1, -0.05) is 35.6 Å². The average molecular weight is 452 g/mol. The molecule has 4 rings (SSSR count). The van der Waals surface area contributed by atoms with Gasteiger partial charge >= 0.3 is 0 Å². The highest BCUT2D eigenvalue weighted by atomic mass is 19.1. The lowest BCUT2D eigenvalue weighted by Crippen LogP contribution is -2.37. The lowest BCUT2D eigenvalue weighted by molar-refractivity contribution is -0.00892. The highest BCUT2D eigenvalue weighted by molar-refractivity contribution is 5.50. The maximum absolute atomic E-state index is 14.6. The summed E-state index contributed by atoms with van der Waals surface area (Å²) in [6.07, 6.45) is 8.24. The first-order chi connectivity index (χ1) is 15.9. The highest BCUT2D eigenvalue weighted by Gasteiger charge is 2.34. The summed E-state index contributed by atoms with van der Waals surface area (Å²) in [5.74, 6) is -0.935. The summed E-state index contributed by atoms with van der Waals surface area (Å²) < 4.78 is 36.5. The maximum Gasteiger partial charge on any atom is 0.137 e. The molecule has 1 N–H and O–H groups in total. The molecular weight excluding hydrogens is 430 g/mol. The zero-order chi connectivity index (χ0) is 23.3. The van der Waals surface area contributed by atoms with E-state index in [4.69, 9.17) is 4.74 Å². The lowest BCUT2D eigenvalue weighted by atomic mass is 9.93. The molecule has 8 nitrogen and oxygen atoms in total. The van der Waals surface area contributed by atoms with Gasteiger partial charge in [0.2, 0.25) is 0 Å². The second-order valence-electron chi connectivity index (χ2n) is 7.51. The minimum absolute atomic E-state index is 0.0890. The van der Waals surface area contributed by atoms with Gasteiger partial charge in [0.25, 0.3) is 0 Å². The van der Waals surface area contributed by atoms with Crippen LogP contribution in [0.3, 0.4) is 0 Å². The van der Waals surface area contributed by atoms with E-state index in [-0.39, 0.29) is 25.3 Å². The predicted octanol–water partition coefficient (Wildman–Crippen LogP) is 3.35. The van der Waals surface area contributed by atoms with Crippen LogP contribution in [-0.2, 0) is 25.3 Å². The van der Waals surface area contributed by atoms with Crippen molar-refractivity contribution in [3.8, 4) is 5.75 Å². The van der Waals surface area contributed by atoms with Crippen LogP contribution >= 0.6 is 0 Å². The molecule has 0 aliphatic carbocycles. The number of rotatable bonds is 9. The number of aliphatic hydroxyl groups is 1. The minimum atomic E-state index is -1.79. The van der Waals surface area contributed by atoms with Crippen LogP contribution in [0.2, 0.25) is 0 Å². The number of halogens is 2. The number of nitrogens with zero attached hydrogens (tertiary/aromatic N) is 6. The van der Waals surface area contributed by atoms with E-state index in [1.165, 1.54) is 28.1 Å². The zero-order valence-corrected chi connectivity index (χ0v) is 17.8. The topological polar surface area (TPSA) is 90.9 Å². The SMILES string of the molecule is C/C=C/c1ccc(OCc2cn(CC(O)(Cn3cncn3)c3ccc(F)cc3F)nn2)cc1. The Balaban J connectivity index is 1.50. The average Bonchev–Trinajstić information content (AvgIpc) is 3.45. The molecule has 33 heavy (non-hydrogen) atoms. The Morgan fingerprint density at radius 3 is 2.58 bits per heavy atom. The molecule has 4 aromatic rings. The summed E-state index contributed by atoms with van der Waals surface area (Å²) in [6.45, 7) is 1.83. The molecule has 2 heterocycles. The number of hydrogen-bond acceptors (Lipinski definition) is 6. The molecule has 2 aromatic heterocycles. The molecule has 0 aliphatic rings. The van der Waals surface area contributed by atoms with Crippen LogP contribution in [0.25, 0.3) is 6.08 Å². The molecule has 0 radical (unpaired) electrons. The van der Waals surface area contributed by atoms with Crippen LogP contribution < -0.4 is 4.74 Å². The molecular formula is C23H22F2N6O2. The standard InChI is InChI=1S/C23H22F2N6O2/c1-2-3-17-4-7-20(8-5-17)33-12-19-11-30(29-28-19)13-23(32,14-31-16-26-15-27-31)21-9-6-18(24)10-22(21)25/h2-11,15-16,32H,12-14H2,1H3/b3-2+. The largest absolute Gasteiger partial charge is 0.487 e. The molecule has 0 fully saturated rings. The number of hydrogen-bond donors (Lipinski definition) is 1. The fraction of sp³-hybridized carbons (Fsp3) is 0.217. The molecule has 0 bridgehead atoms. The van der Waals surface area contributed by atoms with Gasteiger partial charge in [0.05, 0.1) is 19.3 Å². The van der Waals surface area contributed by atoms with Gasteiger partial charge < -0.3 is 9.84 Å². The van der Waals surface area contributed by atoms with E-state index < -0.39 is 17.2 Å². The van der Waals surface area contributed by atoms with Gasteiger partial charge in [-0.15, -0.1) is 5.10 Å². The third-order valence-electron chi connectivity index (χ3n) is 4.96. The predicted molar refractivity (Wildman–Crippen MR) is 116 cm³/mol. The summed E-state index contributed by atoms with van der Waals surface area (Å²) in [5.41, 5.74) is -0.292. The minimum Gasteiger partial charge on any atom is -0.487 e. The quantitative estimate of drug-likeness (QED) is 0.419. The Kier molecular flexibility index (Phi) is 6.55. The molecule has 170 valence electrons. The van der Waals surface area contributed by atoms with Crippen molar-refractivity contribution in [3.05, 3.63) is 95.8 Å². The summed E-state index contributed by atoms with van der Waals surface area (Å²) >= 11 is 0. The first-order valence-electron chi connectivity index (χ1n) is 10.2. The van der Waals surface area contributed by atoms with Crippen molar-refractivity contribution in [1.29, 1.82) is 0 Å². The Labute approximate surface area is 188 Å². The van der Waals surface area contributed by atoms with Crippen molar-refractivity contribution in [2.24, 2.45) is 0 Å². The van der Waals surface area contributed by atoms with Crippen molar-refractivity contribution in [3.63, 3.8) is 0 Å². The Hall–Kier alpha value is -3.92. The maximum atomic E-state index is 14.6. The van der Waals surface area contributed by atoms with Crippen molar-refractivity contribution in [2.45, 2.75) is 32.2 Å². The summed E-state index contributed by atoms with van der Waals surface area (Å²) in [5, 5.41) is 23.5. The van der Waals surface area contributed by atoms with E-state index in [2.05, 4.69) is 20.4 Å². The van der Waals surface area contributed by atoms with Gasteiger partial charge in [-0.25, -0.2) is 23.1 Å². The van der Waals surface area contributed by atoms with E-state index in [0.717, 1.165) is 17.7 Å². The fourth-order valence-electron chi connectivity index (χ4n) is 3.44. The van der Waals surface area contributed by atoms with E-state index in [1.807, 2.05) is 43.3 Å². The van der Waals surface area contributed by atoms with Crippen LogP contribution in [0.4, 0.5) is 8.78 Å². The van der Waals surface area contributed by atoms with Crippen molar-refractivity contribution in [2.75, 3.05) is 0 Å². The molecule has 0 amide bonds. The van der Waals surface area contributed by atoms with Crippen molar-refractivity contribution in [1.82, 2.24) is 29.8 Å². The van der Waals surface area contributed by atoms with Crippen molar-refractivity contribution >= 4 is 6.08 Å². The zero-order valence-electron chi connectivity index (χ0n) is 17.8. The van der Waals surface area contributed by atoms with Gasteiger partial charge in [-0.3, -0.25) is 0 Å². The Bertz CT molecular complexity index is 1220. The van der Waals surface area contributed by atoms with Crippen molar-refractivity contribution < 1.29 is 18.6 Å². The number of benzene rings is 2. The monoisotopic (exact) mass is 452 g/mol. The molecule has 2 aromatic carbocycles. The van der Waals surface area contributed by atoms with E-state index >= 15 is 0 Å². The first kappa shape index (κ1) is 22.3. The van der Waals surface area contributed by atoms with Crippen LogP contribution in [0.1, 0.15) is 23.7 Å². The fourth-order valence-corrected chi connectivity index (χ4v) is 3.44. The van der Waals surface area contributed by atoms with Crippen LogP contribution in [0, 0.1) is 11.6 Å². The molecule has 0 saturated heterocycles. The van der Waals surface area contributed by atoms with Gasteiger partial charge in [0, 0.05) is 11.6 Å². The Morgan fingerprint density at radius 2 is 1.88 bits per heavy atom. The number of aromatic nitrogens is 6. The highest BCUT2D eigenvalue weighted by Crippen LogP contribution is 2.28. The van der Waals surface area contributed by atoms with E-state index in [0.29, 0.717) is 11.4 Å². The second kappa shape index (κ2) is 9.70. The van der Waals surface area contributed by atoms with Gasteiger partial charge in [-0.05, 0) is 30.7 Å². The summed E-state index contributed by atoms with van der Waals surface area (Å²) in [6, 6.07) is 10.6. The smallest absolute Gasteiger partial charge is 0.137 e. The lowest BCUT2D eigenvalue weighted by Gasteiger charge is -2.28. The molecule has 0 saturated carbocycles. The van der Waals surface area contributed by atoms with E-state index in [1.54, 1.807) is 6.20 Å². The van der Waals surface area contributed by atoms with Crippen LogP contribution in [0.15, 0.2) is 67.4 Å². The molecule has 0 aliphatic heterocycles. The third-order valence-corrected chi connectivity index (χ3v) is 4.96. The first-order valence-corrected chi connectivity index (χ1v) is 10.2. The normalized spacial score (nSPS) is 13.3. The van der Waals surface area contributed by atoms with Crippen LogP contribution in [-0.4, -0.2) is 34.9 Å². The molecule has 0 spiro atoms.